The van der Waals surface area contributed by atoms with E-state index in [0.29, 0.717) is 13.1 Å². The molecule has 0 bridgehead atoms. The quantitative estimate of drug-likeness (QED) is 0.481. The molecule has 0 radical (unpaired) electrons. The Balaban J connectivity index is 1.31. The van der Waals surface area contributed by atoms with Gasteiger partial charge in [0.05, 0.1) is 11.9 Å². The summed E-state index contributed by atoms with van der Waals surface area (Å²) in [7, 11) is -3.86. The molecule has 154 valence electrons. The van der Waals surface area contributed by atoms with Gasteiger partial charge in [-0.3, -0.25) is 4.98 Å². The number of sulfonamides is 1. The molecule has 4 heterocycles. The normalized spacial score (nSPS) is 15.7. The molecule has 1 fully saturated rings. The Morgan fingerprint density at radius 1 is 1.03 bits per heavy atom. The van der Waals surface area contributed by atoms with Crippen molar-refractivity contribution in [3.63, 3.8) is 0 Å². The number of benzene rings is 1. The lowest BCUT2D eigenvalue weighted by atomic mass is 10.2. The summed E-state index contributed by atoms with van der Waals surface area (Å²) in [5, 5.41) is 5.37. The van der Waals surface area contributed by atoms with E-state index < -0.39 is 15.8 Å². The zero-order valence-corrected chi connectivity index (χ0v) is 17.4. The fraction of sp³-hybridized carbons (Fsp3) is 0.211. The van der Waals surface area contributed by atoms with Gasteiger partial charge >= 0.3 is 0 Å². The number of anilines is 1. The predicted octanol–water partition coefficient (Wildman–Crippen LogP) is 2.50. The maximum absolute atomic E-state index is 14.0. The van der Waals surface area contributed by atoms with Gasteiger partial charge in [0.2, 0.25) is 20.1 Å². The van der Waals surface area contributed by atoms with E-state index in [1.165, 1.54) is 33.8 Å². The van der Waals surface area contributed by atoms with Crippen LogP contribution < -0.4 is 4.90 Å². The topological polar surface area (TPSA) is 83.7 Å². The van der Waals surface area contributed by atoms with Crippen molar-refractivity contribution >= 4 is 31.5 Å². The van der Waals surface area contributed by atoms with Crippen molar-refractivity contribution in [3.05, 3.63) is 60.8 Å². The molecule has 11 heteroatoms. The van der Waals surface area contributed by atoms with Crippen LogP contribution in [-0.2, 0) is 10.0 Å². The van der Waals surface area contributed by atoms with E-state index in [2.05, 4.69) is 15.1 Å². The number of imidazole rings is 1. The van der Waals surface area contributed by atoms with Crippen molar-refractivity contribution < 1.29 is 12.8 Å². The molecule has 0 amide bonds. The largest absolute Gasteiger partial charge is 0.344 e. The van der Waals surface area contributed by atoms with Crippen LogP contribution in [0.1, 0.15) is 0 Å². The maximum atomic E-state index is 14.0. The minimum atomic E-state index is -3.86. The number of halogens is 1. The van der Waals surface area contributed by atoms with Crippen molar-refractivity contribution in [3.8, 4) is 11.3 Å². The summed E-state index contributed by atoms with van der Waals surface area (Å²) in [5.74, 6) is -0.731. The summed E-state index contributed by atoms with van der Waals surface area (Å²) < 4.78 is 42.5. The van der Waals surface area contributed by atoms with Crippen molar-refractivity contribution in [2.24, 2.45) is 0 Å². The van der Waals surface area contributed by atoms with Crippen LogP contribution in [0.15, 0.2) is 59.9 Å². The third-order valence-corrected chi connectivity index (χ3v) is 7.87. The van der Waals surface area contributed by atoms with Crippen molar-refractivity contribution in [2.45, 2.75) is 4.90 Å². The Kier molecular flexibility index (Phi) is 4.72. The number of nitrogens with zero attached hydrogens (tertiary/aromatic N) is 6. The van der Waals surface area contributed by atoms with Crippen LogP contribution in [0, 0.1) is 5.82 Å². The Bertz CT molecular complexity index is 1270. The van der Waals surface area contributed by atoms with Crippen molar-refractivity contribution in [1.29, 1.82) is 0 Å². The molecule has 1 aliphatic rings. The maximum Gasteiger partial charge on any atom is 0.246 e. The van der Waals surface area contributed by atoms with Crippen LogP contribution in [0.5, 0.6) is 0 Å². The monoisotopic (exact) mass is 444 g/mol. The van der Waals surface area contributed by atoms with Gasteiger partial charge in [-0.05, 0) is 24.3 Å². The van der Waals surface area contributed by atoms with Gasteiger partial charge in [-0.1, -0.05) is 23.5 Å². The van der Waals surface area contributed by atoms with Gasteiger partial charge < -0.3 is 4.90 Å². The second-order valence-corrected chi connectivity index (χ2v) is 9.64. The number of rotatable bonds is 4. The van der Waals surface area contributed by atoms with Crippen LogP contribution in [0.25, 0.3) is 16.2 Å². The fourth-order valence-corrected chi connectivity index (χ4v) is 5.81. The molecule has 30 heavy (non-hydrogen) atoms. The van der Waals surface area contributed by atoms with E-state index in [4.69, 9.17) is 0 Å². The highest BCUT2D eigenvalue weighted by molar-refractivity contribution is 7.89. The van der Waals surface area contributed by atoms with Gasteiger partial charge in [0, 0.05) is 44.1 Å². The molecule has 0 aliphatic carbocycles. The van der Waals surface area contributed by atoms with E-state index in [9.17, 15) is 12.8 Å². The number of piperazine rings is 1. The smallest absolute Gasteiger partial charge is 0.246 e. The van der Waals surface area contributed by atoms with E-state index in [-0.39, 0.29) is 18.0 Å². The molecule has 1 aliphatic heterocycles. The van der Waals surface area contributed by atoms with Crippen molar-refractivity contribution in [2.75, 3.05) is 31.1 Å². The van der Waals surface area contributed by atoms with Crippen LogP contribution in [0.2, 0.25) is 0 Å². The number of fused-ring (bicyclic) bond motifs is 1. The zero-order valence-electron chi connectivity index (χ0n) is 15.7. The van der Waals surface area contributed by atoms with Crippen LogP contribution in [0.3, 0.4) is 0 Å². The van der Waals surface area contributed by atoms with Crippen LogP contribution >= 0.6 is 11.3 Å². The summed E-state index contributed by atoms with van der Waals surface area (Å²) in [6, 6.07) is 9.26. The molecule has 0 unspecified atom stereocenters. The summed E-state index contributed by atoms with van der Waals surface area (Å²) >= 11 is 1.45. The molecule has 0 N–H and O–H groups in total. The van der Waals surface area contributed by atoms with Gasteiger partial charge in [0.15, 0.2) is 0 Å². The lowest BCUT2D eigenvalue weighted by Crippen LogP contribution is -2.48. The molecule has 4 aromatic rings. The first-order valence-corrected chi connectivity index (χ1v) is 11.5. The molecule has 0 saturated carbocycles. The second kappa shape index (κ2) is 7.42. The first kappa shape index (κ1) is 19.1. The molecule has 1 aromatic carbocycles. The predicted molar refractivity (Wildman–Crippen MR) is 111 cm³/mol. The van der Waals surface area contributed by atoms with Crippen molar-refractivity contribution in [1.82, 2.24) is 23.9 Å². The van der Waals surface area contributed by atoms with E-state index in [0.717, 1.165) is 27.4 Å². The molecule has 1 saturated heterocycles. The van der Waals surface area contributed by atoms with Gasteiger partial charge in [-0.25, -0.2) is 22.3 Å². The van der Waals surface area contributed by atoms with E-state index >= 15 is 0 Å². The second-order valence-electron chi connectivity index (χ2n) is 6.80. The fourth-order valence-electron chi connectivity index (χ4n) is 3.38. The number of hydrogen-bond acceptors (Lipinski definition) is 7. The number of aromatic nitrogens is 4. The highest BCUT2D eigenvalue weighted by Gasteiger charge is 2.31. The summed E-state index contributed by atoms with van der Waals surface area (Å²) in [5.41, 5.74) is 1.72. The summed E-state index contributed by atoms with van der Waals surface area (Å²) in [4.78, 5) is 11.2. The molecule has 5 rings (SSSR count). The molecule has 3 aromatic heterocycles. The summed E-state index contributed by atoms with van der Waals surface area (Å²) in [6.45, 7) is 1.47. The first-order valence-electron chi connectivity index (χ1n) is 9.28. The highest BCUT2D eigenvalue weighted by Crippen LogP contribution is 2.28. The van der Waals surface area contributed by atoms with Crippen LogP contribution in [-0.4, -0.2) is 58.5 Å². The average Bonchev–Trinajstić information content (AvgIpc) is 3.34. The van der Waals surface area contributed by atoms with E-state index in [1.807, 2.05) is 23.2 Å². The molecule has 0 atom stereocenters. The lowest BCUT2D eigenvalue weighted by Gasteiger charge is -2.33. The summed E-state index contributed by atoms with van der Waals surface area (Å²) in [6.07, 6.45) is 5.32. The molecular weight excluding hydrogens is 427 g/mol. The molecule has 0 spiro atoms. The Morgan fingerprint density at radius 3 is 2.53 bits per heavy atom. The number of pyridine rings is 1. The van der Waals surface area contributed by atoms with Crippen LogP contribution in [0.4, 0.5) is 9.52 Å². The lowest BCUT2D eigenvalue weighted by molar-refractivity contribution is 0.382. The van der Waals surface area contributed by atoms with E-state index in [1.54, 1.807) is 16.9 Å². The Labute approximate surface area is 176 Å². The highest BCUT2D eigenvalue weighted by atomic mass is 32.2. The minimum absolute atomic E-state index is 0.263. The average molecular weight is 445 g/mol. The molecular formula is C19H17FN6O2S2. The van der Waals surface area contributed by atoms with Gasteiger partial charge in [-0.2, -0.15) is 4.31 Å². The third-order valence-electron chi connectivity index (χ3n) is 4.95. The number of hydrogen-bond donors (Lipinski definition) is 0. The van der Waals surface area contributed by atoms with Gasteiger partial charge in [0.25, 0.3) is 0 Å². The minimum Gasteiger partial charge on any atom is -0.344 e. The standard InChI is InChI=1S/C19H17FN6O2S2/c20-15-5-1-2-6-17(15)30(27,28)25-10-8-24(9-11-25)19-23-26-13-16(22-18(26)29-19)14-4-3-7-21-12-14/h1-7,12-13H,8-11H2. The molecule has 8 nitrogen and oxygen atoms in total. The van der Waals surface area contributed by atoms with Gasteiger partial charge in [-0.15, -0.1) is 5.10 Å². The zero-order chi connectivity index (χ0) is 20.7. The Morgan fingerprint density at radius 2 is 1.83 bits per heavy atom. The first-order chi connectivity index (χ1) is 14.5. The van der Waals surface area contributed by atoms with Gasteiger partial charge in [0.1, 0.15) is 10.7 Å². The third kappa shape index (κ3) is 3.34. The Hall–Kier alpha value is -2.89. The SMILES string of the molecule is O=S(=O)(c1ccccc1F)N1CCN(c2nn3cc(-c4cccnc4)nc3s2)CC1.